The average Bonchev–Trinajstić information content (AvgIpc) is 2.99. The number of non-ortho nitro benzene ring substituents is 1. The van der Waals surface area contributed by atoms with Crippen molar-refractivity contribution in [1.29, 1.82) is 0 Å². The molecule has 23 heavy (non-hydrogen) atoms. The summed E-state index contributed by atoms with van der Waals surface area (Å²) >= 11 is 0. The molecule has 1 aliphatic rings. The van der Waals surface area contributed by atoms with E-state index in [-0.39, 0.29) is 11.6 Å². The van der Waals surface area contributed by atoms with Crippen LogP contribution in [0.15, 0.2) is 48.5 Å². The number of methoxy groups -OCH3 is 1. The zero-order valence-electron chi connectivity index (χ0n) is 12.6. The standard InChI is InChI=1S/C17H16N2O4/c1-23-16(12-5-3-2-4-6-12)17(20)18-10-9-13-11-14(19(21)22)7-8-15(13)18/h2-8,11,16H,9-10H2,1H3/t16-/m1/s1. The maximum absolute atomic E-state index is 12.8. The van der Waals surface area contributed by atoms with Crippen LogP contribution in [-0.2, 0) is 16.0 Å². The van der Waals surface area contributed by atoms with Gasteiger partial charge in [-0.1, -0.05) is 30.3 Å². The number of rotatable bonds is 4. The molecule has 6 heteroatoms. The highest BCUT2D eigenvalue weighted by molar-refractivity contribution is 5.99. The number of nitro benzene ring substituents is 1. The van der Waals surface area contributed by atoms with Crippen molar-refractivity contribution < 1.29 is 14.5 Å². The summed E-state index contributed by atoms with van der Waals surface area (Å²) in [5.74, 6) is -0.161. The van der Waals surface area contributed by atoms with Gasteiger partial charge in [-0.3, -0.25) is 14.9 Å². The van der Waals surface area contributed by atoms with Crippen molar-refractivity contribution in [2.45, 2.75) is 12.5 Å². The minimum absolute atomic E-state index is 0.0457. The van der Waals surface area contributed by atoms with E-state index in [1.165, 1.54) is 19.2 Å². The van der Waals surface area contributed by atoms with Crippen LogP contribution in [-0.4, -0.2) is 24.5 Å². The molecule has 0 N–H and O–H groups in total. The summed E-state index contributed by atoms with van der Waals surface area (Å²) in [7, 11) is 1.50. The quantitative estimate of drug-likeness (QED) is 0.643. The van der Waals surface area contributed by atoms with Gasteiger partial charge in [0.1, 0.15) is 0 Å². The first-order valence-corrected chi connectivity index (χ1v) is 7.28. The van der Waals surface area contributed by atoms with Crippen molar-refractivity contribution >= 4 is 17.3 Å². The van der Waals surface area contributed by atoms with Crippen LogP contribution in [0.4, 0.5) is 11.4 Å². The maximum Gasteiger partial charge on any atom is 0.269 e. The summed E-state index contributed by atoms with van der Waals surface area (Å²) in [6.07, 6.45) is -0.0779. The molecule has 0 saturated heterocycles. The zero-order valence-corrected chi connectivity index (χ0v) is 12.6. The van der Waals surface area contributed by atoms with Gasteiger partial charge in [-0.15, -0.1) is 0 Å². The fourth-order valence-electron chi connectivity index (χ4n) is 2.88. The van der Waals surface area contributed by atoms with E-state index in [4.69, 9.17) is 4.74 Å². The van der Waals surface area contributed by atoms with Crippen LogP contribution in [0.3, 0.4) is 0 Å². The van der Waals surface area contributed by atoms with E-state index in [9.17, 15) is 14.9 Å². The van der Waals surface area contributed by atoms with Gasteiger partial charge in [0.05, 0.1) is 4.92 Å². The molecule has 1 aliphatic heterocycles. The van der Waals surface area contributed by atoms with Gasteiger partial charge in [0.15, 0.2) is 6.10 Å². The number of nitro groups is 1. The lowest BCUT2D eigenvalue weighted by atomic mass is 10.1. The van der Waals surface area contributed by atoms with Crippen molar-refractivity contribution in [2.75, 3.05) is 18.6 Å². The molecule has 2 aromatic rings. The smallest absolute Gasteiger partial charge is 0.269 e. The van der Waals surface area contributed by atoms with Crippen molar-refractivity contribution in [3.05, 3.63) is 69.8 Å². The van der Waals surface area contributed by atoms with Crippen molar-refractivity contribution in [1.82, 2.24) is 0 Å². The third-order valence-electron chi connectivity index (χ3n) is 4.00. The summed E-state index contributed by atoms with van der Waals surface area (Å²) in [4.78, 5) is 24.9. The topological polar surface area (TPSA) is 72.7 Å². The van der Waals surface area contributed by atoms with Gasteiger partial charge in [-0.05, 0) is 23.6 Å². The van der Waals surface area contributed by atoms with Crippen molar-refractivity contribution in [2.24, 2.45) is 0 Å². The van der Waals surface area contributed by atoms with E-state index in [0.717, 1.165) is 16.8 Å². The number of nitrogens with zero attached hydrogens (tertiary/aromatic N) is 2. The Morgan fingerprint density at radius 2 is 2.00 bits per heavy atom. The largest absolute Gasteiger partial charge is 0.367 e. The first-order valence-electron chi connectivity index (χ1n) is 7.28. The molecule has 0 saturated carbocycles. The van der Waals surface area contributed by atoms with Crippen molar-refractivity contribution in [3.8, 4) is 0 Å². The molecule has 0 fully saturated rings. The van der Waals surface area contributed by atoms with Crippen LogP contribution < -0.4 is 4.90 Å². The van der Waals surface area contributed by atoms with E-state index in [2.05, 4.69) is 0 Å². The number of amides is 1. The fourth-order valence-corrected chi connectivity index (χ4v) is 2.88. The fraction of sp³-hybridized carbons (Fsp3) is 0.235. The van der Waals surface area contributed by atoms with Gasteiger partial charge in [-0.25, -0.2) is 0 Å². The summed E-state index contributed by atoms with van der Waals surface area (Å²) < 4.78 is 5.39. The molecule has 0 unspecified atom stereocenters. The van der Waals surface area contributed by atoms with E-state index in [0.29, 0.717) is 13.0 Å². The Balaban J connectivity index is 1.89. The molecule has 6 nitrogen and oxygen atoms in total. The van der Waals surface area contributed by atoms with Crippen LogP contribution in [0, 0.1) is 10.1 Å². The Morgan fingerprint density at radius 1 is 1.26 bits per heavy atom. The van der Waals surface area contributed by atoms with Crippen LogP contribution in [0.25, 0.3) is 0 Å². The number of fused-ring (bicyclic) bond motifs is 1. The number of hydrogen-bond acceptors (Lipinski definition) is 4. The number of benzene rings is 2. The highest BCUT2D eigenvalue weighted by Gasteiger charge is 2.32. The number of anilines is 1. The lowest BCUT2D eigenvalue weighted by Crippen LogP contribution is -2.34. The second-order valence-corrected chi connectivity index (χ2v) is 5.34. The van der Waals surface area contributed by atoms with Gasteiger partial charge in [0, 0.05) is 31.5 Å². The lowest BCUT2D eigenvalue weighted by molar-refractivity contribution is -0.384. The number of carbonyl (C=O) groups excluding carboxylic acids is 1. The first kappa shape index (κ1) is 15.2. The Kier molecular flexibility index (Phi) is 4.08. The van der Waals surface area contributed by atoms with Crippen LogP contribution >= 0.6 is 0 Å². The van der Waals surface area contributed by atoms with Crippen molar-refractivity contribution in [3.63, 3.8) is 0 Å². The Morgan fingerprint density at radius 3 is 2.65 bits per heavy atom. The molecule has 0 bridgehead atoms. The molecule has 0 spiro atoms. The number of carbonyl (C=O) groups is 1. The Bertz CT molecular complexity index is 746. The van der Waals surface area contributed by atoms with Gasteiger partial charge >= 0.3 is 0 Å². The van der Waals surface area contributed by atoms with E-state index >= 15 is 0 Å². The molecule has 2 aromatic carbocycles. The number of ether oxygens (including phenoxy) is 1. The van der Waals surface area contributed by atoms with Crippen LogP contribution in [0.5, 0.6) is 0 Å². The van der Waals surface area contributed by atoms with Crippen LogP contribution in [0.1, 0.15) is 17.2 Å². The Labute approximate surface area is 133 Å². The molecule has 0 aromatic heterocycles. The highest BCUT2D eigenvalue weighted by atomic mass is 16.6. The molecule has 118 valence electrons. The third kappa shape index (κ3) is 2.80. The molecule has 1 atom stereocenters. The van der Waals surface area contributed by atoms with Gasteiger partial charge in [0.2, 0.25) is 0 Å². The SMILES string of the molecule is CO[C@@H](C(=O)N1CCc2cc([N+](=O)[O-])ccc21)c1ccccc1. The van der Waals surface area contributed by atoms with Gasteiger partial charge < -0.3 is 9.64 Å². The second kappa shape index (κ2) is 6.18. The van der Waals surface area contributed by atoms with Gasteiger partial charge in [-0.2, -0.15) is 0 Å². The minimum Gasteiger partial charge on any atom is -0.367 e. The number of hydrogen-bond donors (Lipinski definition) is 0. The van der Waals surface area contributed by atoms with E-state index in [1.807, 2.05) is 30.3 Å². The van der Waals surface area contributed by atoms with Gasteiger partial charge in [0.25, 0.3) is 11.6 Å². The summed E-state index contributed by atoms with van der Waals surface area (Å²) in [5.41, 5.74) is 2.37. The predicted molar refractivity (Wildman–Crippen MR) is 85.3 cm³/mol. The molecule has 3 rings (SSSR count). The summed E-state index contributed by atoms with van der Waals surface area (Å²) in [6, 6.07) is 13.9. The van der Waals surface area contributed by atoms with E-state index in [1.54, 1.807) is 11.0 Å². The minimum atomic E-state index is -0.683. The average molecular weight is 312 g/mol. The maximum atomic E-state index is 12.8. The molecule has 0 aliphatic carbocycles. The molecular formula is C17H16N2O4. The van der Waals surface area contributed by atoms with E-state index < -0.39 is 11.0 Å². The first-order chi connectivity index (χ1) is 11.1. The summed E-state index contributed by atoms with van der Waals surface area (Å²) in [5, 5.41) is 10.9. The lowest BCUT2D eigenvalue weighted by Gasteiger charge is -2.23. The normalized spacial score (nSPS) is 14.4. The summed E-state index contributed by atoms with van der Waals surface area (Å²) in [6.45, 7) is 0.502. The predicted octanol–water partition coefficient (Wildman–Crippen LogP) is 2.87. The monoisotopic (exact) mass is 312 g/mol. The van der Waals surface area contributed by atoms with Crippen LogP contribution in [0.2, 0.25) is 0 Å². The molecular weight excluding hydrogens is 296 g/mol. The third-order valence-corrected chi connectivity index (χ3v) is 4.00. The Hall–Kier alpha value is -2.73. The molecule has 1 heterocycles. The molecule has 1 amide bonds. The second-order valence-electron chi connectivity index (χ2n) is 5.34. The molecule has 0 radical (unpaired) electrons. The zero-order chi connectivity index (χ0) is 16.4. The highest BCUT2D eigenvalue weighted by Crippen LogP contribution is 2.33.